The first-order chi connectivity index (χ1) is 12.0. The van der Waals surface area contributed by atoms with Crippen molar-refractivity contribution in [3.05, 3.63) is 51.2 Å². The predicted molar refractivity (Wildman–Crippen MR) is 90.5 cm³/mol. The number of carbonyl (C=O) groups is 1. The maximum Gasteiger partial charge on any atom is 0.431 e. The molecule has 0 saturated heterocycles. The monoisotopic (exact) mass is 450 g/mol. The van der Waals surface area contributed by atoms with Crippen molar-refractivity contribution < 1.29 is 23.1 Å². The number of aromatic nitrogens is 2. The van der Waals surface area contributed by atoms with Gasteiger partial charge >= 0.3 is 6.18 Å². The highest BCUT2D eigenvalue weighted by atomic mass is 79.9. The van der Waals surface area contributed by atoms with Crippen LogP contribution >= 0.6 is 27.5 Å². The highest BCUT2D eigenvalue weighted by molar-refractivity contribution is 9.10. The maximum absolute atomic E-state index is 13.2. The minimum absolute atomic E-state index is 0.0466. The fraction of sp³-hybridized carbons (Fsp3) is 0.267. The van der Waals surface area contributed by atoms with E-state index in [2.05, 4.69) is 26.1 Å². The molecule has 1 atom stereocenters. The number of hydrogen-bond donors (Lipinski definition) is 1. The van der Waals surface area contributed by atoms with Crippen molar-refractivity contribution >= 4 is 39.1 Å². The molecule has 138 valence electrons. The minimum atomic E-state index is -4.79. The zero-order chi connectivity index (χ0) is 19.3. The molecule has 0 fully saturated rings. The Morgan fingerprint density at radius 3 is 2.46 bits per heavy atom. The van der Waals surface area contributed by atoms with Gasteiger partial charge in [0.15, 0.2) is 11.4 Å². The van der Waals surface area contributed by atoms with Crippen LogP contribution in [0.5, 0.6) is 0 Å². The summed E-state index contributed by atoms with van der Waals surface area (Å²) in [6.45, 7) is 0. The molecule has 1 aromatic carbocycles. The third-order valence-corrected chi connectivity index (χ3v) is 4.63. The normalized spacial score (nSPS) is 20.4. The molecule has 1 amide bonds. The maximum atomic E-state index is 13.2. The van der Waals surface area contributed by atoms with E-state index in [0.717, 1.165) is 0 Å². The quantitative estimate of drug-likeness (QED) is 0.760. The van der Waals surface area contributed by atoms with E-state index in [1.807, 2.05) is 0 Å². The van der Waals surface area contributed by atoms with Crippen molar-refractivity contribution in [1.29, 1.82) is 0 Å². The Hall–Kier alpha value is -1.91. The summed E-state index contributed by atoms with van der Waals surface area (Å²) in [7, 11) is 1.54. The first-order valence-corrected chi connectivity index (χ1v) is 8.36. The third-order valence-electron chi connectivity index (χ3n) is 3.80. The summed E-state index contributed by atoms with van der Waals surface area (Å²) in [4.78, 5) is 12.8. The van der Waals surface area contributed by atoms with Crippen LogP contribution in [0.25, 0.3) is 0 Å². The molecule has 2 heterocycles. The van der Waals surface area contributed by atoms with Gasteiger partial charge in [-0.25, -0.2) is 0 Å². The number of hydrazone groups is 1. The van der Waals surface area contributed by atoms with Crippen molar-refractivity contribution in [2.75, 3.05) is 0 Å². The number of halogens is 5. The van der Waals surface area contributed by atoms with E-state index < -0.39 is 29.9 Å². The summed E-state index contributed by atoms with van der Waals surface area (Å²) in [5.41, 5.74) is -3.71. The molecule has 0 aliphatic carbocycles. The van der Waals surface area contributed by atoms with Gasteiger partial charge in [-0.15, -0.1) is 0 Å². The predicted octanol–water partition coefficient (Wildman–Crippen LogP) is 3.45. The van der Waals surface area contributed by atoms with Crippen LogP contribution in [-0.4, -0.2) is 37.7 Å². The van der Waals surface area contributed by atoms with Crippen LogP contribution in [0.4, 0.5) is 13.2 Å². The molecule has 1 aromatic heterocycles. The van der Waals surface area contributed by atoms with Crippen LogP contribution in [0.3, 0.4) is 0 Å². The van der Waals surface area contributed by atoms with Gasteiger partial charge in [0.05, 0.1) is 10.9 Å². The first kappa shape index (κ1) is 18.9. The number of amides is 1. The van der Waals surface area contributed by atoms with Gasteiger partial charge in [0.25, 0.3) is 5.91 Å². The lowest BCUT2D eigenvalue weighted by molar-refractivity contribution is -0.0818. The Morgan fingerprint density at radius 2 is 1.96 bits per heavy atom. The topological polar surface area (TPSA) is 70.7 Å². The molecular formula is C15H11BrClF3N4O2. The van der Waals surface area contributed by atoms with E-state index in [1.54, 1.807) is 7.05 Å². The lowest BCUT2D eigenvalue weighted by Crippen LogP contribution is -2.44. The Labute approximate surface area is 159 Å². The molecular weight excluding hydrogens is 441 g/mol. The lowest BCUT2D eigenvalue weighted by atomic mass is 9.97. The second-order valence-corrected chi connectivity index (χ2v) is 6.95. The van der Waals surface area contributed by atoms with Crippen LogP contribution in [0.15, 0.2) is 40.0 Å². The first-order valence-electron chi connectivity index (χ1n) is 7.19. The van der Waals surface area contributed by atoms with Gasteiger partial charge in [-0.05, 0) is 28.1 Å². The number of alkyl halides is 3. The molecule has 11 heteroatoms. The molecule has 0 spiro atoms. The fourth-order valence-electron chi connectivity index (χ4n) is 2.56. The SMILES string of the molecule is Cn1cc(Br)c(C(=O)N2N=C(C(F)(F)F)CC2(O)c2ccc(Cl)cc2)n1. The van der Waals surface area contributed by atoms with Crippen LogP contribution in [-0.2, 0) is 12.8 Å². The number of carbonyl (C=O) groups excluding carboxylic acids is 1. The molecule has 26 heavy (non-hydrogen) atoms. The minimum Gasteiger partial charge on any atom is -0.365 e. The zero-order valence-electron chi connectivity index (χ0n) is 13.1. The number of rotatable bonds is 2. The molecule has 1 aliphatic heterocycles. The Bertz CT molecular complexity index is 897. The van der Waals surface area contributed by atoms with E-state index in [-0.39, 0.29) is 15.7 Å². The van der Waals surface area contributed by atoms with Gasteiger partial charge in [-0.2, -0.15) is 28.4 Å². The Kier molecular flexibility index (Phi) is 4.62. The summed E-state index contributed by atoms with van der Waals surface area (Å²) >= 11 is 8.92. The van der Waals surface area contributed by atoms with Gasteiger partial charge < -0.3 is 5.11 Å². The van der Waals surface area contributed by atoms with Gasteiger partial charge in [0.2, 0.25) is 0 Å². The molecule has 1 aliphatic rings. The highest BCUT2D eigenvalue weighted by Gasteiger charge is 2.53. The van der Waals surface area contributed by atoms with E-state index >= 15 is 0 Å². The smallest absolute Gasteiger partial charge is 0.365 e. The van der Waals surface area contributed by atoms with Gasteiger partial charge in [0, 0.05) is 23.8 Å². The summed E-state index contributed by atoms with van der Waals surface area (Å²) < 4.78 is 41.1. The molecule has 1 N–H and O–H groups in total. The molecule has 0 saturated carbocycles. The molecule has 3 rings (SSSR count). The largest absolute Gasteiger partial charge is 0.431 e. The number of hydrogen-bond acceptors (Lipinski definition) is 4. The van der Waals surface area contributed by atoms with Crippen LogP contribution in [0.1, 0.15) is 22.5 Å². The molecule has 6 nitrogen and oxygen atoms in total. The molecule has 2 aromatic rings. The standard InChI is InChI=1S/C15H11BrClF3N4O2/c1-23-7-10(16)12(22-23)13(25)24-14(26,6-11(21-24)15(18,19)20)8-2-4-9(17)5-3-8/h2-5,7,26H,6H2,1H3. The van der Waals surface area contributed by atoms with Crippen LogP contribution in [0, 0.1) is 0 Å². The Balaban J connectivity index is 2.10. The average molecular weight is 452 g/mol. The van der Waals surface area contributed by atoms with Crippen LogP contribution in [0.2, 0.25) is 5.02 Å². The molecule has 0 radical (unpaired) electrons. The van der Waals surface area contributed by atoms with Gasteiger partial charge in [0.1, 0.15) is 5.71 Å². The van der Waals surface area contributed by atoms with E-state index in [4.69, 9.17) is 11.6 Å². The van der Waals surface area contributed by atoms with E-state index in [0.29, 0.717) is 10.0 Å². The van der Waals surface area contributed by atoms with Crippen molar-refractivity contribution in [3.63, 3.8) is 0 Å². The van der Waals surface area contributed by atoms with E-state index in [9.17, 15) is 23.1 Å². The summed E-state index contributed by atoms with van der Waals surface area (Å²) in [6, 6.07) is 5.48. The second-order valence-electron chi connectivity index (χ2n) is 5.66. The van der Waals surface area contributed by atoms with Gasteiger partial charge in [-0.1, -0.05) is 23.7 Å². The van der Waals surface area contributed by atoms with Crippen molar-refractivity contribution in [1.82, 2.24) is 14.8 Å². The van der Waals surface area contributed by atoms with Crippen molar-refractivity contribution in [2.45, 2.75) is 18.3 Å². The van der Waals surface area contributed by atoms with Gasteiger partial charge in [-0.3, -0.25) is 9.48 Å². The second kappa shape index (κ2) is 6.36. The van der Waals surface area contributed by atoms with E-state index in [1.165, 1.54) is 35.1 Å². The third kappa shape index (κ3) is 3.24. The highest BCUT2D eigenvalue weighted by Crippen LogP contribution is 2.41. The molecule has 1 unspecified atom stereocenters. The summed E-state index contributed by atoms with van der Waals surface area (Å²) in [6.07, 6.45) is -4.25. The number of aryl methyl sites for hydroxylation is 1. The Morgan fingerprint density at radius 1 is 1.35 bits per heavy atom. The average Bonchev–Trinajstić information content (AvgIpc) is 3.07. The lowest BCUT2D eigenvalue weighted by Gasteiger charge is -2.31. The number of benzene rings is 1. The summed E-state index contributed by atoms with van der Waals surface area (Å²) in [5, 5.41) is 19.0. The van der Waals surface area contributed by atoms with Crippen molar-refractivity contribution in [2.24, 2.45) is 12.1 Å². The zero-order valence-corrected chi connectivity index (χ0v) is 15.5. The summed E-state index contributed by atoms with van der Waals surface area (Å²) in [5.74, 6) is -0.978. The number of aliphatic hydroxyl groups is 1. The van der Waals surface area contributed by atoms with Crippen molar-refractivity contribution in [3.8, 4) is 0 Å². The fourth-order valence-corrected chi connectivity index (χ4v) is 3.23. The number of nitrogens with zero attached hydrogens (tertiary/aromatic N) is 4. The molecule has 0 bridgehead atoms. The van der Waals surface area contributed by atoms with Crippen LogP contribution < -0.4 is 0 Å².